The molecule has 18 nitrogen and oxygen atoms in total. The van der Waals surface area contributed by atoms with Crippen LogP contribution >= 0.6 is 35.3 Å². The summed E-state index contributed by atoms with van der Waals surface area (Å²) < 4.78 is 416. The molecule has 3 amide bonds. The van der Waals surface area contributed by atoms with Crippen LogP contribution in [-0.4, -0.2) is 154 Å². The lowest BCUT2D eigenvalue weighted by Crippen LogP contribution is -2.42. The number of halogens is 12. The van der Waals surface area contributed by atoms with Crippen LogP contribution in [0.3, 0.4) is 0 Å². The maximum absolute atomic E-state index is 14.7. The fourth-order valence-corrected chi connectivity index (χ4v) is 18.6. The first-order valence-electron chi connectivity index (χ1n) is 59.7. The molecule has 15 rings (SSSR count). The fraction of sp³-hybridized carbons (Fsp3) is 0.378. The van der Waals surface area contributed by atoms with Crippen LogP contribution in [0.5, 0.6) is 0 Å². The summed E-state index contributed by atoms with van der Waals surface area (Å²) >= 11 is 3.05. The Morgan fingerprint density at radius 3 is 1.16 bits per heavy atom. The largest absolute Gasteiger partial charge is 0.416 e. The number of carbonyl (C=O) groups excluding carboxylic acids is 3. The summed E-state index contributed by atoms with van der Waals surface area (Å²) in [5, 5.41) is 0.00530. The SMILES string of the molecule is [2H]C([2H])(C)N(CCN(C(=O)Cn1c(SCc2ccc(F)cc2)nc(=O)c2c1C([2H])([2H])C([2H])(C)C2([2H])[2H])C([2H])([2H])c1ccc(-c2ccc(C(F)(F)F)cc2)cc1)C([2H])([2H])C.[2H]C([2H])(C)N(CCN(C(=O)Cn1c(SCc2ccc(F)cc2)nc(=O)c2c1CCC2)C([2H])(C)c1ccc(-c2ccc(C(F)(F)F)cc2)cc1)C([2H])([2H])C.[2H]c1c([2H])c(C([2H])([2H])N(CCN(C([2H])([2H])C)C([2H])([2H])C)C(=O)Cn2c(SCc3ccc(F)cc3)nc(=O)c3c2CCC3)c([2H])c([2H])c1-c1c([2H])c([2H])c(C(F)(F)F)c(C)c1[2H]. The van der Waals surface area contributed by atoms with E-state index in [1.807, 2.05) is 0 Å². The van der Waals surface area contributed by atoms with Crippen molar-refractivity contribution in [3.05, 3.63) is 350 Å². The van der Waals surface area contributed by atoms with Crippen LogP contribution in [0.25, 0.3) is 33.4 Å². The molecule has 0 saturated heterocycles. The zero-order valence-electron chi connectivity index (χ0n) is 108. The molecule has 0 N–H and O–H groups in total. The molecule has 0 radical (unpaired) electrons. The van der Waals surface area contributed by atoms with Crippen LogP contribution < -0.4 is 16.7 Å². The fourth-order valence-electron chi connectivity index (χ4n) is 15.8. The summed E-state index contributed by atoms with van der Waals surface area (Å²) in [6.07, 6.45) is -17.2. The van der Waals surface area contributed by atoms with E-state index in [1.165, 1.54) is 151 Å². The van der Waals surface area contributed by atoms with Crippen LogP contribution in [-0.2, 0) is 121 Å². The Morgan fingerprint density at radius 2 is 0.771 bits per heavy atom. The highest BCUT2D eigenvalue weighted by molar-refractivity contribution is 7.98. The first-order valence-corrected chi connectivity index (χ1v) is 48.2. The molecular formula is C111H120F12N12O6S3. The molecule has 2 atom stereocenters. The van der Waals surface area contributed by atoms with Crippen molar-refractivity contribution in [2.24, 2.45) is 5.89 Å². The van der Waals surface area contributed by atoms with Gasteiger partial charge in [-0.25, -0.2) is 13.2 Å². The van der Waals surface area contributed by atoms with Crippen molar-refractivity contribution in [1.29, 1.82) is 0 Å². The summed E-state index contributed by atoms with van der Waals surface area (Å²) in [4.78, 5) is 101. The van der Waals surface area contributed by atoms with Crippen molar-refractivity contribution in [2.45, 2.75) is 203 Å². The van der Waals surface area contributed by atoms with Gasteiger partial charge in [0.2, 0.25) is 17.7 Å². The number of likely N-dealkylation sites (N-methyl/N-ethyl adjacent to an activating group) is 3. The van der Waals surface area contributed by atoms with Gasteiger partial charge in [-0.05, 0) is 249 Å². The Kier molecular flexibility index (Phi) is 26.5. The number of hydrogen-bond donors (Lipinski definition) is 0. The first kappa shape index (κ1) is 75.8. The molecule has 12 aromatic rings. The van der Waals surface area contributed by atoms with Gasteiger partial charge in [-0.15, -0.1) is 0 Å². The van der Waals surface area contributed by atoms with Gasteiger partial charge < -0.3 is 43.1 Å². The highest BCUT2D eigenvalue weighted by Gasteiger charge is 2.36. The molecule has 9 aromatic carbocycles. The number of benzene rings is 9. The molecule has 0 saturated carbocycles. The Morgan fingerprint density at radius 1 is 0.424 bits per heavy atom. The third-order valence-electron chi connectivity index (χ3n) is 23.4. The van der Waals surface area contributed by atoms with Crippen molar-refractivity contribution < 1.29 is 107 Å². The minimum Gasteiger partial charge on any atom is -0.336 e. The smallest absolute Gasteiger partial charge is 0.336 e. The molecular weight excluding hydrogens is 1920 g/mol. The first-order chi connectivity index (χ1) is 79.6. The minimum atomic E-state index is -5.16. The molecule has 3 heterocycles. The zero-order chi connectivity index (χ0) is 129. The Bertz CT molecular complexity index is 8060. The highest BCUT2D eigenvalue weighted by atomic mass is 32.2. The maximum atomic E-state index is 14.7. The van der Waals surface area contributed by atoms with Gasteiger partial charge in [0.25, 0.3) is 16.7 Å². The standard InChI is InChI=1S/3C37H40F4N4O2S/c1-4-43(5-2)18-19-44(22-26-6-10-28(11-7-26)29-12-14-30(15-13-29)37(39,40)41)34(46)23-45-33-21-25(3)20-32(33)35(47)42-36(45)48-24-27-8-16-31(38)17-9-27;1-4-43(5-2)21-22-44(25(3)27-11-13-28(14-12-27)29-15-17-30(18-16-29)37(39,40)41)34(46)23-45-33-8-6-7-32(33)35(47)42-36(45)48-24-26-9-19-31(38)20-10-26;1-4-43(5-2)19-20-44(22-26-9-13-28(14-10-26)29-15-18-32(25(3)21-29)37(39,40)41)34(46)23-45-33-8-6-7-31(33)35(47)42-36(45)48-24-27-11-16-30(38)17-12-27/h6-17,25H,4-5,18-24H2,1-3H3;9-20,25H,4-8,21-24H2,1-3H3;9-18,21H,4-8,19-20,22-24H2,1-3H3/i4D2,5D2,20D2,21D2,22D2,25D;4D2,5D2,25D;4D2,5D2,9D,10D,13D,14D,15D,18D,21D,22D2. The van der Waals surface area contributed by atoms with Crippen LogP contribution in [0.15, 0.2) is 242 Å². The molecule has 144 heavy (non-hydrogen) atoms. The van der Waals surface area contributed by atoms with Crippen molar-refractivity contribution in [3.8, 4) is 33.4 Å². The molecule has 3 aromatic heterocycles. The molecule has 0 aliphatic heterocycles. The zero-order valence-corrected chi connectivity index (χ0v) is 81.9. The third kappa shape index (κ3) is 29.1. The number of thioether (sulfide) groups is 3. The van der Waals surface area contributed by atoms with E-state index in [9.17, 15) is 88.3 Å². The Balaban J connectivity index is 0.000000212. The molecule has 0 bridgehead atoms. The van der Waals surface area contributed by atoms with Gasteiger partial charge in [0.05, 0.1) is 39.2 Å². The summed E-state index contributed by atoms with van der Waals surface area (Å²) in [6.45, 7) is -15.2. The quantitative estimate of drug-likeness (QED) is 0.0202. The van der Waals surface area contributed by atoms with Gasteiger partial charge in [0.15, 0.2) is 15.5 Å². The van der Waals surface area contributed by atoms with Gasteiger partial charge in [-0.2, -0.15) is 54.5 Å². The number of fused-ring (bicyclic) bond motifs is 3. The molecule has 0 fully saturated rings. The van der Waals surface area contributed by atoms with Crippen molar-refractivity contribution in [1.82, 2.24) is 58.1 Å². The molecule has 2 unspecified atom stereocenters. The number of alkyl halides is 9. The van der Waals surface area contributed by atoms with Crippen LogP contribution in [0.4, 0.5) is 52.7 Å². The predicted molar refractivity (Wildman–Crippen MR) is 544 cm³/mol. The van der Waals surface area contributed by atoms with Crippen LogP contribution in [0.1, 0.15) is 203 Å². The topological polar surface area (TPSA) is 175 Å². The number of rotatable bonds is 39. The van der Waals surface area contributed by atoms with Gasteiger partial charge in [0.1, 0.15) is 37.1 Å². The van der Waals surface area contributed by atoms with Gasteiger partial charge >= 0.3 is 18.5 Å². The molecule has 3 aliphatic carbocycles. The number of nitrogens with zero attached hydrogens (tertiary/aromatic N) is 12. The number of carbonyl (C=O) groups is 3. The predicted octanol–water partition coefficient (Wildman–Crippen LogP) is 22.8. The average molecular weight is 2070 g/mol. The lowest BCUT2D eigenvalue weighted by Gasteiger charge is -2.33. The number of aromatic nitrogens is 6. The van der Waals surface area contributed by atoms with E-state index in [4.69, 9.17) is 32.9 Å². The second-order valence-electron chi connectivity index (χ2n) is 32.8. The minimum absolute atomic E-state index is 0.00429. The Hall–Kier alpha value is -11.9. The molecule has 33 heteroatoms. The molecule has 0 spiro atoms. The number of hydrogen-bond acceptors (Lipinski definition) is 15. The molecule has 762 valence electrons. The monoisotopic (exact) mass is 2070 g/mol. The van der Waals surface area contributed by atoms with Gasteiger partial charge in [0, 0.05) is 127 Å². The Labute approximate surface area is 885 Å². The van der Waals surface area contributed by atoms with E-state index in [-0.39, 0.29) is 57.7 Å². The molecule has 3 aliphatic rings. The second kappa shape index (κ2) is 50.3. The van der Waals surface area contributed by atoms with Gasteiger partial charge in [-0.3, -0.25) is 28.8 Å². The van der Waals surface area contributed by atoms with E-state index in [1.54, 1.807) is 41.0 Å². The number of amides is 3. The van der Waals surface area contributed by atoms with Gasteiger partial charge in [-0.1, -0.05) is 229 Å². The second-order valence-corrected chi connectivity index (χ2v) is 35.6. The lowest BCUT2D eigenvalue weighted by molar-refractivity contribution is -0.138. The third-order valence-corrected chi connectivity index (χ3v) is 26.6. The van der Waals surface area contributed by atoms with Crippen LogP contribution in [0.2, 0.25) is 0 Å². The van der Waals surface area contributed by atoms with Crippen molar-refractivity contribution in [2.75, 3.05) is 78.2 Å². The van der Waals surface area contributed by atoms with E-state index < -0.39 is 273 Å². The average Bonchev–Trinajstić information content (AvgIpc) is 1.52. The normalized spacial score (nSPS) is 18.7. The highest BCUT2D eigenvalue weighted by Crippen LogP contribution is 2.39. The maximum Gasteiger partial charge on any atom is 0.416 e. The van der Waals surface area contributed by atoms with E-state index in [0.717, 1.165) is 109 Å². The van der Waals surface area contributed by atoms with Crippen molar-refractivity contribution >= 4 is 53.0 Å². The summed E-state index contributed by atoms with van der Waals surface area (Å²) in [7, 11) is 0. The van der Waals surface area contributed by atoms with E-state index in [0.29, 0.717) is 120 Å². The van der Waals surface area contributed by atoms with E-state index >= 15 is 0 Å². The van der Waals surface area contributed by atoms with Crippen LogP contribution in [0, 0.1) is 30.3 Å². The summed E-state index contributed by atoms with van der Waals surface area (Å²) in [5.41, 5.74) is -4.61. The van der Waals surface area contributed by atoms with E-state index in [2.05, 4.69) is 15.0 Å². The summed E-state index contributed by atoms with van der Waals surface area (Å²) in [5.74, 6) is -6.35. The van der Waals surface area contributed by atoms with Crippen molar-refractivity contribution in [3.63, 3.8) is 0 Å². The summed E-state index contributed by atoms with van der Waals surface area (Å²) in [6, 6.07) is 27.4. The lowest BCUT2D eigenvalue weighted by atomic mass is 9.98.